The topological polar surface area (TPSA) is 81.3 Å². The minimum Gasteiger partial charge on any atom is -0.497 e. The van der Waals surface area contributed by atoms with Gasteiger partial charge in [-0.25, -0.2) is 9.78 Å². The van der Waals surface area contributed by atoms with Gasteiger partial charge < -0.3 is 14.5 Å². The van der Waals surface area contributed by atoms with Crippen LogP contribution in [0.3, 0.4) is 0 Å². The van der Waals surface area contributed by atoms with Gasteiger partial charge in [0.05, 0.1) is 30.8 Å². The molecule has 0 bridgehead atoms. The zero-order chi connectivity index (χ0) is 17.3. The smallest absolute Gasteiger partial charge is 0.337 e. The average molecular weight is 324 g/mol. The summed E-state index contributed by atoms with van der Waals surface area (Å²) in [5.74, 6) is 0.202. The van der Waals surface area contributed by atoms with Crippen LogP contribution >= 0.6 is 0 Å². The van der Waals surface area contributed by atoms with Gasteiger partial charge in [0, 0.05) is 5.56 Å². The Morgan fingerprint density at radius 1 is 1.17 bits per heavy atom. The number of aromatic amines is 1. The normalized spacial score (nSPS) is 10.6. The molecule has 0 aliphatic heterocycles. The van der Waals surface area contributed by atoms with Crippen LogP contribution in [0.4, 0.5) is 0 Å². The Labute approximate surface area is 138 Å². The summed E-state index contributed by atoms with van der Waals surface area (Å²) in [6, 6.07) is 10.7. The molecule has 0 fully saturated rings. The van der Waals surface area contributed by atoms with Gasteiger partial charge in [0.1, 0.15) is 11.4 Å². The summed E-state index contributed by atoms with van der Waals surface area (Å²) < 4.78 is 10.1. The first-order valence-corrected chi connectivity index (χ1v) is 7.31. The lowest BCUT2D eigenvalue weighted by atomic mass is 10.0. The number of aryl methyl sites for hydroxylation is 1. The van der Waals surface area contributed by atoms with Crippen molar-refractivity contribution in [1.29, 1.82) is 0 Å². The number of ether oxygens (including phenoxy) is 2. The fourth-order valence-corrected chi connectivity index (χ4v) is 2.53. The lowest BCUT2D eigenvalue weighted by Crippen LogP contribution is -2.13. The highest BCUT2D eigenvalue weighted by molar-refractivity contribution is 6.00. The first-order chi connectivity index (χ1) is 11.5. The molecule has 3 rings (SSSR count). The molecule has 3 aromatic rings. The summed E-state index contributed by atoms with van der Waals surface area (Å²) in [6.45, 7) is 1.64. The van der Waals surface area contributed by atoms with Gasteiger partial charge in [0.2, 0.25) is 0 Å². The van der Waals surface area contributed by atoms with E-state index in [2.05, 4.69) is 9.97 Å². The number of aromatic nitrogens is 2. The van der Waals surface area contributed by atoms with Crippen LogP contribution in [0.2, 0.25) is 0 Å². The molecule has 1 N–H and O–H groups in total. The van der Waals surface area contributed by atoms with E-state index >= 15 is 0 Å². The molecular weight excluding hydrogens is 308 g/mol. The standard InChI is InChI=1S/C18H16N2O4/c1-10-17(21)20-15-9-12(18(22)24-3)8-14(16(15)19-10)11-5-4-6-13(7-11)23-2/h4-9H,1-3H3,(H,20,21). The van der Waals surface area contributed by atoms with Crippen LogP contribution in [-0.2, 0) is 4.74 Å². The minimum absolute atomic E-state index is 0.291. The Morgan fingerprint density at radius 2 is 1.96 bits per heavy atom. The predicted molar refractivity (Wildman–Crippen MR) is 90.4 cm³/mol. The molecule has 122 valence electrons. The number of nitrogens with one attached hydrogen (secondary N) is 1. The Bertz CT molecular complexity index is 992. The lowest BCUT2D eigenvalue weighted by molar-refractivity contribution is 0.0601. The number of rotatable bonds is 3. The van der Waals surface area contributed by atoms with Crippen LogP contribution in [0.5, 0.6) is 5.75 Å². The third-order valence-electron chi connectivity index (χ3n) is 3.77. The van der Waals surface area contributed by atoms with E-state index in [9.17, 15) is 9.59 Å². The maximum atomic E-state index is 12.0. The maximum Gasteiger partial charge on any atom is 0.337 e. The number of fused-ring (bicyclic) bond motifs is 1. The van der Waals surface area contributed by atoms with Crippen molar-refractivity contribution in [2.24, 2.45) is 0 Å². The van der Waals surface area contributed by atoms with Gasteiger partial charge in [-0.3, -0.25) is 4.79 Å². The largest absolute Gasteiger partial charge is 0.497 e. The number of carbonyl (C=O) groups is 1. The Morgan fingerprint density at radius 3 is 2.67 bits per heavy atom. The quantitative estimate of drug-likeness (QED) is 0.749. The summed E-state index contributed by atoms with van der Waals surface area (Å²) >= 11 is 0. The molecule has 0 unspecified atom stereocenters. The molecule has 0 atom stereocenters. The fraction of sp³-hybridized carbons (Fsp3) is 0.167. The van der Waals surface area contributed by atoms with Crippen molar-refractivity contribution >= 4 is 17.0 Å². The summed E-state index contributed by atoms with van der Waals surface area (Å²) in [7, 11) is 2.90. The van der Waals surface area contributed by atoms with Gasteiger partial charge in [0.15, 0.2) is 0 Å². The van der Waals surface area contributed by atoms with Gasteiger partial charge in [-0.2, -0.15) is 0 Å². The third kappa shape index (κ3) is 2.74. The van der Waals surface area contributed by atoms with Crippen LogP contribution in [0.25, 0.3) is 22.2 Å². The molecule has 0 aliphatic rings. The molecule has 0 saturated carbocycles. The van der Waals surface area contributed by atoms with Gasteiger partial charge >= 0.3 is 5.97 Å². The maximum absolute atomic E-state index is 12.0. The van der Waals surface area contributed by atoms with E-state index in [4.69, 9.17) is 9.47 Å². The second-order valence-corrected chi connectivity index (χ2v) is 5.29. The molecule has 6 heteroatoms. The van der Waals surface area contributed by atoms with Crippen molar-refractivity contribution in [3.8, 4) is 16.9 Å². The molecule has 6 nitrogen and oxygen atoms in total. The number of H-pyrrole nitrogens is 1. The molecule has 24 heavy (non-hydrogen) atoms. The van der Waals surface area contributed by atoms with E-state index in [0.717, 1.165) is 5.56 Å². The second kappa shape index (κ2) is 6.16. The van der Waals surface area contributed by atoms with E-state index in [1.165, 1.54) is 7.11 Å². The molecule has 0 radical (unpaired) electrons. The van der Waals surface area contributed by atoms with Crippen LogP contribution in [0.1, 0.15) is 16.1 Å². The SMILES string of the molecule is COC(=O)c1cc(-c2cccc(OC)c2)c2nc(C)c(=O)[nH]c2c1. The molecule has 0 aliphatic carbocycles. The number of hydrogen-bond acceptors (Lipinski definition) is 5. The summed E-state index contributed by atoms with van der Waals surface area (Å²) in [5.41, 5.74) is 3.03. The van der Waals surface area contributed by atoms with E-state index in [0.29, 0.717) is 33.6 Å². The zero-order valence-electron chi connectivity index (χ0n) is 13.5. The van der Waals surface area contributed by atoms with Crippen molar-refractivity contribution < 1.29 is 14.3 Å². The Kier molecular flexibility index (Phi) is 4.04. The van der Waals surface area contributed by atoms with E-state index < -0.39 is 5.97 Å². The number of benzene rings is 2. The van der Waals surface area contributed by atoms with Crippen molar-refractivity contribution in [3.63, 3.8) is 0 Å². The number of esters is 1. The Balaban J connectivity index is 2.36. The van der Waals surface area contributed by atoms with Gasteiger partial charge in [-0.05, 0) is 36.8 Å². The molecule has 0 amide bonds. The van der Waals surface area contributed by atoms with Gasteiger partial charge in [-0.1, -0.05) is 12.1 Å². The zero-order valence-corrected chi connectivity index (χ0v) is 13.5. The molecule has 0 saturated heterocycles. The highest BCUT2D eigenvalue weighted by Crippen LogP contribution is 2.30. The van der Waals surface area contributed by atoms with E-state index in [1.54, 1.807) is 26.2 Å². The highest BCUT2D eigenvalue weighted by atomic mass is 16.5. The van der Waals surface area contributed by atoms with Crippen molar-refractivity contribution in [3.05, 3.63) is 58.0 Å². The number of hydrogen-bond donors (Lipinski definition) is 1. The first kappa shape index (κ1) is 15.7. The molecule has 1 heterocycles. The summed E-state index contributed by atoms with van der Waals surface area (Å²) in [4.78, 5) is 31.0. The van der Waals surface area contributed by atoms with Crippen LogP contribution in [0.15, 0.2) is 41.2 Å². The van der Waals surface area contributed by atoms with Crippen LogP contribution < -0.4 is 10.3 Å². The summed E-state index contributed by atoms with van der Waals surface area (Å²) in [6.07, 6.45) is 0. The van der Waals surface area contributed by atoms with E-state index in [1.807, 2.05) is 24.3 Å². The number of carbonyl (C=O) groups excluding carboxylic acids is 1. The van der Waals surface area contributed by atoms with Crippen molar-refractivity contribution in [2.75, 3.05) is 14.2 Å². The molecular formula is C18H16N2O4. The monoisotopic (exact) mass is 324 g/mol. The van der Waals surface area contributed by atoms with Crippen LogP contribution in [0, 0.1) is 6.92 Å². The summed E-state index contributed by atoms with van der Waals surface area (Å²) in [5, 5.41) is 0. The Hall–Kier alpha value is -3.15. The lowest BCUT2D eigenvalue weighted by Gasteiger charge is -2.10. The third-order valence-corrected chi connectivity index (χ3v) is 3.77. The fourth-order valence-electron chi connectivity index (χ4n) is 2.53. The van der Waals surface area contributed by atoms with E-state index in [-0.39, 0.29) is 5.56 Å². The van der Waals surface area contributed by atoms with Gasteiger partial charge in [-0.15, -0.1) is 0 Å². The van der Waals surface area contributed by atoms with Crippen molar-refractivity contribution in [2.45, 2.75) is 6.92 Å². The predicted octanol–water partition coefficient (Wildman–Crippen LogP) is 2.69. The average Bonchev–Trinajstić information content (AvgIpc) is 2.61. The molecule has 0 spiro atoms. The number of nitrogens with zero attached hydrogens (tertiary/aromatic N) is 1. The molecule has 1 aromatic heterocycles. The second-order valence-electron chi connectivity index (χ2n) is 5.29. The van der Waals surface area contributed by atoms with Gasteiger partial charge in [0.25, 0.3) is 5.56 Å². The highest BCUT2D eigenvalue weighted by Gasteiger charge is 2.15. The minimum atomic E-state index is -0.484. The van der Waals surface area contributed by atoms with Crippen LogP contribution in [-0.4, -0.2) is 30.2 Å². The number of methoxy groups -OCH3 is 2. The molecule has 2 aromatic carbocycles. The van der Waals surface area contributed by atoms with Crippen molar-refractivity contribution in [1.82, 2.24) is 9.97 Å². The first-order valence-electron chi connectivity index (χ1n) is 7.31.